The molecule has 0 radical (unpaired) electrons. The zero-order valence-electron chi connectivity index (χ0n) is 8.98. The molecule has 0 aliphatic heterocycles. The second-order valence-corrected chi connectivity index (χ2v) is 6.39. The maximum Gasteiger partial charge on any atom is -0.0294 e. The Morgan fingerprint density at radius 1 is 1.25 bits per heavy atom. The molecule has 0 N–H and O–H groups in total. The zero-order valence-corrected chi connectivity index (χ0v) is 8.98. The third-order valence-electron chi connectivity index (χ3n) is 4.40. The number of hydrogen-bond donors (Lipinski definition) is 0. The fourth-order valence-corrected chi connectivity index (χ4v) is 2.93. The van der Waals surface area contributed by atoms with Gasteiger partial charge < -0.3 is 0 Å². The van der Waals surface area contributed by atoms with E-state index in [4.69, 9.17) is 0 Å². The average Bonchev–Trinajstić information content (AvgIpc) is 2.56. The van der Waals surface area contributed by atoms with Gasteiger partial charge in [-0.15, -0.1) is 0 Å². The average molecular weight is 166 g/mol. The Bertz CT molecular complexity index is 187. The van der Waals surface area contributed by atoms with E-state index in [0.29, 0.717) is 5.41 Å². The highest BCUT2D eigenvalue weighted by atomic mass is 14.6. The second kappa shape index (κ2) is 2.27. The standard InChI is InChI=1S/C12H22/c1-11(2,3)9-5-6-12(4)8-10(12)7-9/h9-10H,5-8H2,1-4H3. The van der Waals surface area contributed by atoms with Crippen LogP contribution in [0, 0.1) is 22.7 Å². The van der Waals surface area contributed by atoms with Gasteiger partial charge >= 0.3 is 0 Å². The van der Waals surface area contributed by atoms with Crippen LogP contribution >= 0.6 is 0 Å². The number of hydrogen-bond acceptors (Lipinski definition) is 0. The fourth-order valence-electron chi connectivity index (χ4n) is 2.93. The molecule has 0 spiro atoms. The van der Waals surface area contributed by atoms with Crippen LogP contribution < -0.4 is 0 Å². The van der Waals surface area contributed by atoms with Crippen LogP contribution in [-0.4, -0.2) is 0 Å². The van der Waals surface area contributed by atoms with Crippen molar-refractivity contribution in [1.29, 1.82) is 0 Å². The van der Waals surface area contributed by atoms with E-state index in [-0.39, 0.29) is 0 Å². The molecule has 2 aliphatic rings. The van der Waals surface area contributed by atoms with Crippen molar-refractivity contribution in [3.05, 3.63) is 0 Å². The summed E-state index contributed by atoms with van der Waals surface area (Å²) in [5.41, 5.74) is 1.35. The summed E-state index contributed by atoms with van der Waals surface area (Å²) in [7, 11) is 0. The fraction of sp³-hybridized carbons (Fsp3) is 1.00. The van der Waals surface area contributed by atoms with Crippen molar-refractivity contribution < 1.29 is 0 Å². The van der Waals surface area contributed by atoms with Gasteiger partial charge in [-0.25, -0.2) is 0 Å². The maximum absolute atomic E-state index is 2.48. The Hall–Kier alpha value is 0. The molecule has 0 heteroatoms. The first-order valence-electron chi connectivity index (χ1n) is 5.42. The van der Waals surface area contributed by atoms with Gasteiger partial charge in [0.2, 0.25) is 0 Å². The molecule has 2 saturated carbocycles. The summed E-state index contributed by atoms with van der Waals surface area (Å²) in [4.78, 5) is 0. The summed E-state index contributed by atoms with van der Waals surface area (Å²) < 4.78 is 0. The minimum absolute atomic E-state index is 0.559. The molecular formula is C12H22. The predicted molar refractivity (Wildman–Crippen MR) is 53.0 cm³/mol. The highest BCUT2D eigenvalue weighted by Gasteiger charge is 2.53. The van der Waals surface area contributed by atoms with Gasteiger partial charge in [0.1, 0.15) is 0 Å². The van der Waals surface area contributed by atoms with Crippen molar-refractivity contribution in [3.63, 3.8) is 0 Å². The number of fused-ring (bicyclic) bond motifs is 1. The Balaban J connectivity index is 1.98. The summed E-state index contributed by atoms with van der Waals surface area (Å²) >= 11 is 0. The van der Waals surface area contributed by atoms with Crippen LogP contribution in [0.5, 0.6) is 0 Å². The van der Waals surface area contributed by atoms with Gasteiger partial charge in [-0.3, -0.25) is 0 Å². The maximum atomic E-state index is 2.48. The van der Waals surface area contributed by atoms with Crippen molar-refractivity contribution in [3.8, 4) is 0 Å². The van der Waals surface area contributed by atoms with Crippen LogP contribution in [0.1, 0.15) is 53.4 Å². The lowest BCUT2D eigenvalue weighted by molar-refractivity contribution is 0.151. The van der Waals surface area contributed by atoms with E-state index in [1.807, 2.05) is 0 Å². The Morgan fingerprint density at radius 3 is 2.42 bits per heavy atom. The molecule has 3 unspecified atom stereocenters. The summed E-state index contributed by atoms with van der Waals surface area (Å²) in [6.45, 7) is 9.70. The van der Waals surface area contributed by atoms with E-state index in [1.165, 1.54) is 25.7 Å². The van der Waals surface area contributed by atoms with E-state index in [1.54, 1.807) is 0 Å². The van der Waals surface area contributed by atoms with Crippen LogP contribution in [0.15, 0.2) is 0 Å². The van der Waals surface area contributed by atoms with Gasteiger partial charge in [0.05, 0.1) is 0 Å². The first kappa shape index (κ1) is 8.59. The quantitative estimate of drug-likeness (QED) is 0.512. The zero-order chi connectivity index (χ0) is 8.98. The van der Waals surface area contributed by atoms with Crippen LogP contribution in [0.25, 0.3) is 0 Å². The summed E-state index contributed by atoms with van der Waals surface area (Å²) in [5.74, 6) is 2.09. The molecule has 0 aromatic carbocycles. The lowest BCUT2D eigenvalue weighted by Gasteiger charge is -2.35. The molecule has 0 nitrogen and oxygen atoms in total. The van der Waals surface area contributed by atoms with Crippen LogP contribution in [-0.2, 0) is 0 Å². The molecule has 0 amide bonds. The largest absolute Gasteiger partial charge is 0.0599 e. The van der Waals surface area contributed by atoms with Crippen LogP contribution in [0.2, 0.25) is 0 Å². The minimum Gasteiger partial charge on any atom is -0.0599 e. The van der Waals surface area contributed by atoms with E-state index >= 15 is 0 Å². The van der Waals surface area contributed by atoms with E-state index in [9.17, 15) is 0 Å². The Labute approximate surface area is 76.7 Å². The Morgan fingerprint density at radius 2 is 1.92 bits per heavy atom. The summed E-state index contributed by atoms with van der Waals surface area (Å²) in [5, 5.41) is 0. The van der Waals surface area contributed by atoms with Gasteiger partial charge in [-0.05, 0) is 48.3 Å². The SMILES string of the molecule is CC(C)(C)C1CCC2(C)CC2C1. The molecule has 2 fully saturated rings. The second-order valence-electron chi connectivity index (χ2n) is 6.39. The topological polar surface area (TPSA) is 0 Å². The Kier molecular flexibility index (Phi) is 1.63. The van der Waals surface area contributed by atoms with Crippen LogP contribution in [0.4, 0.5) is 0 Å². The van der Waals surface area contributed by atoms with Gasteiger partial charge in [0.15, 0.2) is 0 Å². The van der Waals surface area contributed by atoms with Crippen molar-refractivity contribution in [2.24, 2.45) is 22.7 Å². The predicted octanol–water partition coefficient (Wildman–Crippen LogP) is 3.86. The first-order chi connectivity index (χ1) is 5.42. The third kappa shape index (κ3) is 1.30. The number of rotatable bonds is 0. The van der Waals surface area contributed by atoms with Crippen molar-refractivity contribution in [2.75, 3.05) is 0 Å². The van der Waals surface area contributed by atoms with Crippen molar-refractivity contribution >= 4 is 0 Å². The van der Waals surface area contributed by atoms with Gasteiger partial charge in [0, 0.05) is 0 Å². The molecule has 0 aromatic heterocycles. The first-order valence-corrected chi connectivity index (χ1v) is 5.42. The molecule has 70 valence electrons. The molecule has 2 aliphatic carbocycles. The highest BCUT2D eigenvalue weighted by molar-refractivity contribution is 5.04. The normalized spacial score (nSPS) is 47.0. The molecule has 0 heterocycles. The van der Waals surface area contributed by atoms with E-state index in [0.717, 1.165) is 17.3 Å². The van der Waals surface area contributed by atoms with Gasteiger partial charge in [0.25, 0.3) is 0 Å². The lowest BCUT2D eigenvalue weighted by Crippen LogP contribution is -2.25. The summed E-state index contributed by atoms with van der Waals surface area (Å²) in [6.07, 6.45) is 6.02. The van der Waals surface area contributed by atoms with Gasteiger partial charge in [-0.1, -0.05) is 27.7 Å². The lowest BCUT2D eigenvalue weighted by atomic mass is 9.70. The van der Waals surface area contributed by atoms with Gasteiger partial charge in [-0.2, -0.15) is 0 Å². The van der Waals surface area contributed by atoms with Crippen molar-refractivity contribution in [2.45, 2.75) is 53.4 Å². The smallest absolute Gasteiger partial charge is 0.0294 e. The third-order valence-corrected chi connectivity index (χ3v) is 4.40. The molecular weight excluding hydrogens is 144 g/mol. The molecule has 12 heavy (non-hydrogen) atoms. The monoisotopic (exact) mass is 166 g/mol. The van der Waals surface area contributed by atoms with E-state index < -0.39 is 0 Å². The molecule has 3 atom stereocenters. The van der Waals surface area contributed by atoms with E-state index in [2.05, 4.69) is 27.7 Å². The summed E-state index contributed by atoms with van der Waals surface area (Å²) in [6, 6.07) is 0. The highest BCUT2D eigenvalue weighted by Crippen LogP contribution is 2.63. The van der Waals surface area contributed by atoms with Crippen LogP contribution in [0.3, 0.4) is 0 Å². The molecule has 0 aromatic rings. The molecule has 0 saturated heterocycles. The molecule has 2 rings (SSSR count). The minimum atomic E-state index is 0.559. The molecule has 0 bridgehead atoms. The van der Waals surface area contributed by atoms with Crippen molar-refractivity contribution in [1.82, 2.24) is 0 Å².